The maximum absolute atomic E-state index is 3.84. The summed E-state index contributed by atoms with van der Waals surface area (Å²) in [5.41, 5.74) is 5.33. The first-order valence-electron chi connectivity index (χ1n) is 5.68. The van der Waals surface area contributed by atoms with Crippen LogP contribution in [-0.4, -0.2) is 0 Å². The molecule has 0 spiro atoms. The lowest BCUT2D eigenvalue weighted by atomic mass is 9.97. The van der Waals surface area contributed by atoms with Crippen LogP contribution in [0.25, 0.3) is 0 Å². The molecule has 1 aromatic rings. The summed E-state index contributed by atoms with van der Waals surface area (Å²) in [4.78, 5) is 0. The largest absolute Gasteiger partial charge is 0.0988 e. The third kappa shape index (κ3) is 3.23. The molecule has 84 valence electrons. The number of allylic oxidation sites excluding steroid dienone is 5. The van der Waals surface area contributed by atoms with Crippen molar-refractivity contribution in [1.82, 2.24) is 0 Å². The van der Waals surface area contributed by atoms with E-state index in [-0.39, 0.29) is 0 Å². The van der Waals surface area contributed by atoms with Gasteiger partial charge in [-0.1, -0.05) is 49.1 Å². The van der Waals surface area contributed by atoms with E-state index in [1.165, 1.54) is 22.3 Å². The van der Waals surface area contributed by atoms with E-state index in [9.17, 15) is 0 Å². The van der Waals surface area contributed by atoms with Crippen molar-refractivity contribution in [3.05, 3.63) is 71.3 Å². The van der Waals surface area contributed by atoms with Gasteiger partial charge in [0, 0.05) is 0 Å². The Morgan fingerprint density at radius 2 is 2.00 bits per heavy atom. The van der Waals surface area contributed by atoms with E-state index in [0.29, 0.717) is 0 Å². The van der Waals surface area contributed by atoms with Crippen molar-refractivity contribution in [2.24, 2.45) is 0 Å². The van der Waals surface area contributed by atoms with Crippen LogP contribution in [0.4, 0.5) is 0 Å². The molecule has 0 fully saturated rings. The molecule has 0 aliphatic rings. The van der Waals surface area contributed by atoms with Gasteiger partial charge in [0.25, 0.3) is 0 Å². The van der Waals surface area contributed by atoms with Crippen LogP contribution in [0.3, 0.4) is 0 Å². The lowest BCUT2D eigenvalue weighted by Gasteiger charge is -2.08. The molecule has 0 nitrogen and oxygen atoms in total. The van der Waals surface area contributed by atoms with Crippen molar-refractivity contribution < 1.29 is 0 Å². The molecule has 0 aliphatic heterocycles. The van der Waals surface area contributed by atoms with Gasteiger partial charge >= 0.3 is 0 Å². The Morgan fingerprint density at radius 3 is 2.56 bits per heavy atom. The fourth-order valence-electron chi connectivity index (χ4n) is 1.68. The Bertz CT molecular complexity index is 419. The van der Waals surface area contributed by atoms with Crippen molar-refractivity contribution in [1.29, 1.82) is 0 Å². The summed E-state index contributed by atoms with van der Waals surface area (Å²) in [6.07, 6.45) is 7.16. The molecular weight excluding hydrogens is 192 g/mol. The molecule has 0 amide bonds. The van der Waals surface area contributed by atoms with Crippen LogP contribution in [0.1, 0.15) is 25.0 Å². The smallest absolute Gasteiger partial charge is 0.00206 e. The summed E-state index contributed by atoms with van der Waals surface area (Å²) in [7, 11) is 0. The molecule has 0 heteroatoms. The standard InChI is InChI=1S/C16H20/c1-5-9-15(13(3)6-2)12-16-11-8-7-10-14(16)4/h5-11H,2,12H2,1,3-4H3/b9-5-,15-13+. The van der Waals surface area contributed by atoms with E-state index in [4.69, 9.17) is 0 Å². The molecular formula is C16H20. The Labute approximate surface area is 99.0 Å². The molecule has 1 aromatic carbocycles. The predicted octanol–water partition coefficient (Wildman–Crippen LogP) is 4.62. The third-order valence-corrected chi connectivity index (χ3v) is 2.82. The van der Waals surface area contributed by atoms with Crippen LogP contribution >= 0.6 is 0 Å². The molecule has 0 saturated carbocycles. The average Bonchev–Trinajstić information content (AvgIpc) is 2.30. The summed E-state index contributed by atoms with van der Waals surface area (Å²) in [6, 6.07) is 8.53. The molecule has 0 unspecified atom stereocenters. The zero-order valence-electron chi connectivity index (χ0n) is 10.5. The maximum atomic E-state index is 3.84. The highest BCUT2D eigenvalue weighted by Crippen LogP contribution is 2.17. The van der Waals surface area contributed by atoms with E-state index in [1.807, 2.05) is 13.0 Å². The molecule has 0 radical (unpaired) electrons. The topological polar surface area (TPSA) is 0 Å². The lowest BCUT2D eigenvalue weighted by molar-refractivity contribution is 1.13. The Morgan fingerprint density at radius 1 is 1.31 bits per heavy atom. The normalized spacial score (nSPS) is 12.7. The Hall–Kier alpha value is -1.56. The van der Waals surface area contributed by atoms with Crippen LogP contribution < -0.4 is 0 Å². The van der Waals surface area contributed by atoms with Crippen molar-refractivity contribution in [3.63, 3.8) is 0 Å². The van der Waals surface area contributed by atoms with Gasteiger partial charge in [0.2, 0.25) is 0 Å². The van der Waals surface area contributed by atoms with Crippen LogP contribution in [-0.2, 0) is 6.42 Å². The van der Waals surface area contributed by atoms with E-state index in [2.05, 4.69) is 56.8 Å². The zero-order valence-corrected chi connectivity index (χ0v) is 10.5. The monoisotopic (exact) mass is 212 g/mol. The van der Waals surface area contributed by atoms with Crippen molar-refractivity contribution in [2.75, 3.05) is 0 Å². The number of hydrogen-bond acceptors (Lipinski definition) is 0. The first-order chi connectivity index (χ1) is 7.69. The van der Waals surface area contributed by atoms with Crippen LogP contribution in [0.15, 0.2) is 60.2 Å². The summed E-state index contributed by atoms with van der Waals surface area (Å²) >= 11 is 0. The van der Waals surface area contributed by atoms with E-state index in [0.717, 1.165) is 6.42 Å². The van der Waals surface area contributed by atoms with Gasteiger partial charge in [-0.2, -0.15) is 0 Å². The Kier molecular flexibility index (Phi) is 4.78. The summed E-state index contributed by atoms with van der Waals surface area (Å²) in [6.45, 7) is 10.2. The Balaban J connectivity index is 3.02. The molecule has 0 bridgehead atoms. The van der Waals surface area contributed by atoms with E-state index >= 15 is 0 Å². The fraction of sp³-hybridized carbons (Fsp3) is 0.250. The zero-order chi connectivity index (χ0) is 12.0. The van der Waals surface area contributed by atoms with Crippen LogP contribution in [0, 0.1) is 6.92 Å². The van der Waals surface area contributed by atoms with Gasteiger partial charge in [0.1, 0.15) is 0 Å². The average molecular weight is 212 g/mol. The van der Waals surface area contributed by atoms with Gasteiger partial charge in [-0.3, -0.25) is 0 Å². The van der Waals surface area contributed by atoms with Gasteiger partial charge < -0.3 is 0 Å². The second kappa shape index (κ2) is 6.12. The highest BCUT2D eigenvalue weighted by molar-refractivity contribution is 5.38. The molecule has 0 saturated heterocycles. The lowest BCUT2D eigenvalue weighted by Crippen LogP contribution is -1.93. The van der Waals surface area contributed by atoms with Crippen molar-refractivity contribution in [2.45, 2.75) is 27.2 Å². The highest BCUT2D eigenvalue weighted by Gasteiger charge is 2.01. The van der Waals surface area contributed by atoms with Crippen molar-refractivity contribution >= 4 is 0 Å². The minimum absolute atomic E-state index is 0.981. The minimum atomic E-state index is 0.981. The second-order valence-corrected chi connectivity index (χ2v) is 4.02. The summed E-state index contributed by atoms with van der Waals surface area (Å²) in [5, 5.41) is 0. The first kappa shape index (κ1) is 12.5. The molecule has 0 aliphatic carbocycles. The molecule has 0 atom stereocenters. The van der Waals surface area contributed by atoms with Crippen molar-refractivity contribution in [3.8, 4) is 0 Å². The minimum Gasteiger partial charge on any atom is -0.0988 e. The highest BCUT2D eigenvalue weighted by atomic mass is 14.1. The number of rotatable bonds is 4. The second-order valence-electron chi connectivity index (χ2n) is 4.02. The molecule has 0 aromatic heterocycles. The quantitative estimate of drug-likeness (QED) is 0.639. The van der Waals surface area contributed by atoms with Gasteiger partial charge in [-0.05, 0) is 49.5 Å². The molecule has 0 N–H and O–H groups in total. The first-order valence-corrected chi connectivity index (χ1v) is 5.68. The number of benzene rings is 1. The van der Waals surface area contributed by atoms with Gasteiger partial charge in [0.15, 0.2) is 0 Å². The number of hydrogen-bond donors (Lipinski definition) is 0. The maximum Gasteiger partial charge on any atom is -0.00206 e. The van der Waals surface area contributed by atoms with Crippen LogP contribution in [0.5, 0.6) is 0 Å². The molecule has 16 heavy (non-hydrogen) atoms. The molecule has 1 rings (SSSR count). The summed E-state index contributed by atoms with van der Waals surface area (Å²) in [5.74, 6) is 0. The van der Waals surface area contributed by atoms with Gasteiger partial charge in [-0.25, -0.2) is 0 Å². The van der Waals surface area contributed by atoms with E-state index in [1.54, 1.807) is 0 Å². The molecule has 0 heterocycles. The third-order valence-electron chi connectivity index (χ3n) is 2.82. The van der Waals surface area contributed by atoms with Gasteiger partial charge in [-0.15, -0.1) is 0 Å². The number of aryl methyl sites for hydroxylation is 1. The fourth-order valence-corrected chi connectivity index (χ4v) is 1.68. The summed E-state index contributed by atoms with van der Waals surface area (Å²) < 4.78 is 0. The van der Waals surface area contributed by atoms with Gasteiger partial charge in [0.05, 0.1) is 0 Å². The van der Waals surface area contributed by atoms with Crippen LogP contribution in [0.2, 0.25) is 0 Å². The van der Waals surface area contributed by atoms with E-state index < -0.39 is 0 Å². The predicted molar refractivity (Wildman–Crippen MR) is 72.6 cm³/mol. The SMILES string of the molecule is C=C/C(C)=C(\C=C/C)Cc1ccccc1C.